The summed E-state index contributed by atoms with van der Waals surface area (Å²) in [5.74, 6) is -0.392. The first-order chi connectivity index (χ1) is 9.05. The fraction of sp³-hybridized carbons (Fsp3) is 0.846. The minimum absolute atomic E-state index is 0.0244. The molecule has 0 spiro atoms. The molecule has 1 amide bonds. The standard InChI is InChI=1S/C13H24N2O4/c1-3-5-10-6-11(14-13(18)19-4-2)8-15(7-10)9-12(16)17/h10-11H,3-9H2,1-2H3,(H,14,18)(H,16,17). The zero-order chi connectivity index (χ0) is 14.3. The summed E-state index contributed by atoms with van der Waals surface area (Å²) in [6.07, 6.45) is 2.59. The van der Waals surface area contributed by atoms with Crippen LogP contribution in [-0.2, 0) is 9.53 Å². The van der Waals surface area contributed by atoms with Gasteiger partial charge < -0.3 is 15.2 Å². The van der Waals surface area contributed by atoms with Crippen molar-refractivity contribution >= 4 is 12.1 Å². The number of carbonyl (C=O) groups excluding carboxylic acids is 1. The second kappa shape index (κ2) is 7.99. The summed E-state index contributed by atoms with van der Waals surface area (Å²) in [4.78, 5) is 24.1. The van der Waals surface area contributed by atoms with Crippen LogP contribution in [0.25, 0.3) is 0 Å². The number of carboxylic acid groups (broad SMARTS) is 1. The van der Waals surface area contributed by atoms with Crippen molar-refractivity contribution in [2.75, 3.05) is 26.2 Å². The topological polar surface area (TPSA) is 78.9 Å². The predicted molar refractivity (Wildman–Crippen MR) is 71.0 cm³/mol. The Morgan fingerprint density at radius 1 is 1.37 bits per heavy atom. The van der Waals surface area contributed by atoms with Gasteiger partial charge in [0.15, 0.2) is 0 Å². The molecule has 1 aliphatic heterocycles. The highest BCUT2D eigenvalue weighted by Crippen LogP contribution is 2.21. The number of carbonyl (C=O) groups is 2. The Hall–Kier alpha value is -1.30. The van der Waals surface area contributed by atoms with Crippen LogP contribution in [0.5, 0.6) is 0 Å². The zero-order valence-electron chi connectivity index (χ0n) is 11.7. The van der Waals surface area contributed by atoms with E-state index in [4.69, 9.17) is 9.84 Å². The van der Waals surface area contributed by atoms with E-state index in [-0.39, 0.29) is 12.6 Å². The van der Waals surface area contributed by atoms with Crippen molar-refractivity contribution in [3.8, 4) is 0 Å². The molecule has 1 rings (SSSR count). The van der Waals surface area contributed by atoms with Gasteiger partial charge in [0.1, 0.15) is 0 Å². The van der Waals surface area contributed by atoms with Gasteiger partial charge >= 0.3 is 12.1 Å². The summed E-state index contributed by atoms with van der Waals surface area (Å²) in [5.41, 5.74) is 0. The molecule has 0 aliphatic carbocycles. The van der Waals surface area contributed by atoms with Crippen LogP contribution >= 0.6 is 0 Å². The maximum absolute atomic E-state index is 11.4. The molecular formula is C13H24N2O4. The van der Waals surface area contributed by atoms with Crippen LogP contribution in [0.4, 0.5) is 4.79 Å². The van der Waals surface area contributed by atoms with E-state index in [2.05, 4.69) is 12.2 Å². The highest BCUT2D eigenvalue weighted by molar-refractivity contribution is 5.69. The summed E-state index contributed by atoms with van der Waals surface area (Å²) >= 11 is 0. The summed E-state index contributed by atoms with van der Waals surface area (Å²) in [6, 6.07) is -0.0244. The van der Waals surface area contributed by atoms with Crippen LogP contribution in [0.1, 0.15) is 33.1 Å². The third kappa shape index (κ3) is 5.92. The van der Waals surface area contributed by atoms with Crippen LogP contribution in [0.2, 0.25) is 0 Å². The normalized spacial score (nSPS) is 23.9. The molecule has 2 atom stereocenters. The highest BCUT2D eigenvalue weighted by atomic mass is 16.5. The van der Waals surface area contributed by atoms with E-state index in [9.17, 15) is 9.59 Å². The van der Waals surface area contributed by atoms with E-state index in [1.807, 2.05) is 4.90 Å². The minimum Gasteiger partial charge on any atom is -0.480 e. The molecule has 1 fully saturated rings. The van der Waals surface area contributed by atoms with Crippen LogP contribution in [-0.4, -0.2) is 54.4 Å². The molecule has 0 bridgehead atoms. The maximum Gasteiger partial charge on any atom is 0.407 e. The molecule has 0 saturated carbocycles. The molecule has 1 aliphatic rings. The van der Waals surface area contributed by atoms with Crippen LogP contribution in [0.3, 0.4) is 0 Å². The third-order valence-electron chi connectivity index (χ3n) is 3.27. The number of ether oxygens (including phenoxy) is 1. The van der Waals surface area contributed by atoms with E-state index < -0.39 is 12.1 Å². The lowest BCUT2D eigenvalue weighted by Crippen LogP contribution is -2.52. The van der Waals surface area contributed by atoms with E-state index in [1.165, 1.54) is 0 Å². The van der Waals surface area contributed by atoms with Gasteiger partial charge in [0.25, 0.3) is 0 Å². The number of nitrogens with one attached hydrogen (secondary N) is 1. The summed E-state index contributed by atoms with van der Waals surface area (Å²) in [7, 11) is 0. The SMILES string of the molecule is CCCC1CC(NC(=O)OCC)CN(CC(=O)O)C1. The summed E-state index contributed by atoms with van der Waals surface area (Å²) in [5, 5.41) is 11.7. The average molecular weight is 272 g/mol. The molecule has 0 radical (unpaired) electrons. The number of amides is 1. The van der Waals surface area contributed by atoms with Crippen molar-refractivity contribution in [3.63, 3.8) is 0 Å². The van der Waals surface area contributed by atoms with Gasteiger partial charge in [0, 0.05) is 19.1 Å². The fourth-order valence-corrected chi connectivity index (χ4v) is 2.68. The maximum atomic E-state index is 11.4. The van der Waals surface area contributed by atoms with Crippen LogP contribution in [0, 0.1) is 5.92 Å². The molecule has 1 saturated heterocycles. The number of alkyl carbamates (subject to hydrolysis) is 1. The monoisotopic (exact) mass is 272 g/mol. The smallest absolute Gasteiger partial charge is 0.407 e. The Morgan fingerprint density at radius 2 is 2.11 bits per heavy atom. The fourth-order valence-electron chi connectivity index (χ4n) is 2.68. The second-order valence-electron chi connectivity index (χ2n) is 5.04. The number of aliphatic carboxylic acids is 1. The van der Waals surface area contributed by atoms with Crippen molar-refractivity contribution in [2.45, 2.75) is 39.2 Å². The van der Waals surface area contributed by atoms with Gasteiger partial charge in [0.05, 0.1) is 13.2 Å². The lowest BCUT2D eigenvalue weighted by Gasteiger charge is -2.37. The van der Waals surface area contributed by atoms with Crippen molar-refractivity contribution in [3.05, 3.63) is 0 Å². The lowest BCUT2D eigenvalue weighted by atomic mass is 9.90. The molecule has 0 aromatic carbocycles. The molecule has 0 aromatic heterocycles. The van der Waals surface area contributed by atoms with E-state index in [1.54, 1.807) is 6.92 Å². The molecule has 2 unspecified atom stereocenters. The summed E-state index contributed by atoms with van der Waals surface area (Å²) in [6.45, 7) is 5.62. The van der Waals surface area contributed by atoms with Crippen molar-refractivity contribution in [2.24, 2.45) is 5.92 Å². The largest absolute Gasteiger partial charge is 0.480 e. The first kappa shape index (κ1) is 15.8. The van der Waals surface area contributed by atoms with Crippen molar-refractivity contribution in [1.29, 1.82) is 0 Å². The molecule has 110 valence electrons. The number of nitrogens with zero attached hydrogens (tertiary/aromatic N) is 1. The van der Waals surface area contributed by atoms with Gasteiger partial charge in [-0.05, 0) is 25.7 Å². The van der Waals surface area contributed by atoms with Crippen molar-refractivity contribution < 1.29 is 19.4 Å². The Morgan fingerprint density at radius 3 is 2.68 bits per heavy atom. The third-order valence-corrected chi connectivity index (χ3v) is 3.27. The molecule has 1 heterocycles. The number of piperidine rings is 1. The number of hydrogen-bond donors (Lipinski definition) is 2. The number of hydrogen-bond acceptors (Lipinski definition) is 4. The Labute approximate surface area is 114 Å². The molecule has 6 heteroatoms. The van der Waals surface area contributed by atoms with E-state index >= 15 is 0 Å². The Bertz CT molecular complexity index is 309. The van der Waals surface area contributed by atoms with Gasteiger partial charge in [0.2, 0.25) is 0 Å². The van der Waals surface area contributed by atoms with E-state index in [0.29, 0.717) is 19.1 Å². The molecule has 19 heavy (non-hydrogen) atoms. The second-order valence-corrected chi connectivity index (χ2v) is 5.04. The zero-order valence-corrected chi connectivity index (χ0v) is 11.7. The van der Waals surface area contributed by atoms with Gasteiger partial charge in [-0.25, -0.2) is 4.79 Å². The first-order valence-electron chi connectivity index (χ1n) is 6.92. The molecule has 2 N–H and O–H groups in total. The first-order valence-corrected chi connectivity index (χ1v) is 6.92. The quantitative estimate of drug-likeness (QED) is 0.762. The predicted octanol–water partition coefficient (Wildman–Crippen LogP) is 1.31. The number of likely N-dealkylation sites (tertiary alicyclic amines) is 1. The number of rotatable bonds is 6. The molecule has 0 aromatic rings. The molecule has 6 nitrogen and oxygen atoms in total. The van der Waals surface area contributed by atoms with Gasteiger partial charge in [-0.15, -0.1) is 0 Å². The van der Waals surface area contributed by atoms with E-state index in [0.717, 1.165) is 25.8 Å². The van der Waals surface area contributed by atoms with Gasteiger partial charge in [-0.3, -0.25) is 9.69 Å². The lowest BCUT2D eigenvalue weighted by molar-refractivity contribution is -0.138. The van der Waals surface area contributed by atoms with Crippen molar-refractivity contribution in [1.82, 2.24) is 10.2 Å². The summed E-state index contributed by atoms with van der Waals surface area (Å²) < 4.78 is 4.87. The van der Waals surface area contributed by atoms with Gasteiger partial charge in [-0.1, -0.05) is 13.3 Å². The Kier molecular flexibility index (Phi) is 6.62. The van der Waals surface area contributed by atoms with Crippen LogP contribution < -0.4 is 5.32 Å². The van der Waals surface area contributed by atoms with Crippen LogP contribution in [0.15, 0.2) is 0 Å². The highest BCUT2D eigenvalue weighted by Gasteiger charge is 2.28. The average Bonchev–Trinajstić information content (AvgIpc) is 2.28. The number of carboxylic acids is 1. The minimum atomic E-state index is -0.827. The molecular weight excluding hydrogens is 248 g/mol. The van der Waals surface area contributed by atoms with Gasteiger partial charge in [-0.2, -0.15) is 0 Å². The Balaban J connectivity index is 2.53.